The average molecular weight is 833 g/mol. The molecule has 2 atom stereocenters. The fourth-order valence-corrected chi connectivity index (χ4v) is 6.31. The highest BCUT2D eigenvalue weighted by Crippen LogP contribution is 2.13. The lowest BCUT2D eigenvalue weighted by Gasteiger charge is -2.25. The zero-order valence-electron chi connectivity index (χ0n) is 38.7. The molecule has 59 heavy (non-hydrogen) atoms. The molecule has 0 bridgehead atoms. The highest BCUT2D eigenvalue weighted by Gasteiger charge is 2.25. The molecule has 0 rings (SSSR count). The summed E-state index contributed by atoms with van der Waals surface area (Å²) in [5.74, 6) is -2.04. The number of ether oxygens (including phenoxy) is 4. The van der Waals surface area contributed by atoms with Crippen LogP contribution in [0.5, 0.6) is 0 Å². The smallest absolute Gasteiger partial charge is 0.361 e. The van der Waals surface area contributed by atoms with Crippen molar-refractivity contribution in [3.63, 3.8) is 0 Å². The van der Waals surface area contributed by atoms with Gasteiger partial charge in [0.2, 0.25) is 0 Å². The summed E-state index contributed by atoms with van der Waals surface area (Å²) < 4.78 is 22.7. The van der Waals surface area contributed by atoms with Crippen LogP contribution in [-0.2, 0) is 33.3 Å². The van der Waals surface area contributed by atoms with Gasteiger partial charge >= 0.3 is 17.9 Å². The summed E-state index contributed by atoms with van der Waals surface area (Å²) in [5, 5.41) is 9.65. The number of hydrogen-bond acceptors (Lipinski definition) is 7. The summed E-state index contributed by atoms with van der Waals surface area (Å²) in [6.07, 6.45) is 45.9. The van der Waals surface area contributed by atoms with Crippen LogP contribution in [-0.4, -0.2) is 87.4 Å². The molecule has 0 heterocycles. The molecule has 2 unspecified atom stereocenters. The van der Waals surface area contributed by atoms with Gasteiger partial charge in [-0.05, 0) is 77.0 Å². The van der Waals surface area contributed by atoms with Crippen molar-refractivity contribution in [1.82, 2.24) is 0 Å². The van der Waals surface area contributed by atoms with Crippen LogP contribution in [0.15, 0.2) is 48.6 Å². The maximum atomic E-state index is 12.8. The number of nitrogens with zero attached hydrogens (tertiary/aromatic N) is 1. The van der Waals surface area contributed by atoms with Gasteiger partial charge in [-0.25, -0.2) is 4.79 Å². The third-order valence-electron chi connectivity index (χ3n) is 10.1. The second-order valence-corrected chi connectivity index (χ2v) is 17.1. The van der Waals surface area contributed by atoms with Gasteiger partial charge in [-0.15, -0.1) is 0 Å². The highest BCUT2D eigenvalue weighted by molar-refractivity contribution is 5.71. The van der Waals surface area contributed by atoms with E-state index in [1.165, 1.54) is 83.5 Å². The van der Waals surface area contributed by atoms with Crippen LogP contribution in [0.2, 0.25) is 0 Å². The Labute approximate surface area is 362 Å². The summed E-state index contributed by atoms with van der Waals surface area (Å²) in [6.45, 7) is 4.81. The topological polar surface area (TPSA) is 108 Å². The molecule has 0 aromatic heterocycles. The Morgan fingerprint density at radius 2 is 0.915 bits per heavy atom. The number of allylic oxidation sites excluding steroid dienone is 8. The molecule has 0 aromatic rings. The summed E-state index contributed by atoms with van der Waals surface area (Å²) in [6, 6.07) is 0. The van der Waals surface area contributed by atoms with E-state index in [9.17, 15) is 19.5 Å². The first-order valence-electron chi connectivity index (χ1n) is 23.8. The SMILES string of the molecule is CCCCCC/C=C\C/C=C\CCCCCCCCCC(=O)OC(COC(=O)CCCCCCC/C=C\C/C=C\CCCCCC)COC(OCC[N+](C)(C)C)C(=O)O. The lowest BCUT2D eigenvalue weighted by molar-refractivity contribution is -0.870. The molecule has 0 aliphatic carbocycles. The van der Waals surface area contributed by atoms with Gasteiger partial charge in [-0.3, -0.25) is 9.59 Å². The van der Waals surface area contributed by atoms with Crippen LogP contribution < -0.4 is 0 Å². The molecule has 0 aromatic carbocycles. The fourth-order valence-electron chi connectivity index (χ4n) is 6.31. The normalized spacial score (nSPS) is 13.3. The number of quaternary nitrogens is 1. The minimum atomic E-state index is -1.51. The number of carboxylic acids is 1. The summed E-state index contributed by atoms with van der Waals surface area (Å²) >= 11 is 0. The van der Waals surface area contributed by atoms with Gasteiger partial charge in [-0.1, -0.05) is 152 Å². The van der Waals surface area contributed by atoms with E-state index in [4.69, 9.17) is 18.9 Å². The fraction of sp³-hybridized carbons (Fsp3) is 0.780. The Kier molecular flexibility index (Phi) is 40.0. The first-order valence-corrected chi connectivity index (χ1v) is 23.8. The van der Waals surface area contributed by atoms with Crippen LogP contribution in [0.4, 0.5) is 0 Å². The van der Waals surface area contributed by atoms with Crippen LogP contribution in [0.3, 0.4) is 0 Å². The number of hydrogen-bond donors (Lipinski definition) is 1. The quantitative estimate of drug-likeness (QED) is 0.0213. The van der Waals surface area contributed by atoms with Crippen LogP contribution in [0.25, 0.3) is 0 Å². The number of unbranched alkanes of at least 4 members (excludes halogenated alkanes) is 20. The van der Waals surface area contributed by atoms with Crippen molar-refractivity contribution >= 4 is 17.9 Å². The number of likely N-dealkylation sites (N-methyl/N-ethyl adjacent to an activating group) is 1. The average Bonchev–Trinajstić information content (AvgIpc) is 3.19. The zero-order valence-corrected chi connectivity index (χ0v) is 38.7. The van der Waals surface area contributed by atoms with E-state index in [-0.39, 0.29) is 38.6 Å². The van der Waals surface area contributed by atoms with Crippen molar-refractivity contribution in [2.24, 2.45) is 0 Å². The lowest BCUT2D eigenvalue weighted by atomic mass is 10.1. The molecule has 0 radical (unpaired) electrons. The van der Waals surface area contributed by atoms with E-state index in [0.717, 1.165) is 77.0 Å². The molecule has 0 aliphatic heterocycles. The minimum absolute atomic E-state index is 0.182. The molecule has 0 saturated heterocycles. The van der Waals surface area contributed by atoms with Crippen molar-refractivity contribution in [2.75, 3.05) is 47.5 Å². The number of esters is 2. The number of carbonyl (C=O) groups is 3. The number of rotatable bonds is 43. The Balaban J connectivity index is 4.45. The van der Waals surface area contributed by atoms with Crippen LogP contribution in [0.1, 0.15) is 194 Å². The molecule has 0 amide bonds. The Morgan fingerprint density at radius 1 is 0.508 bits per heavy atom. The van der Waals surface area contributed by atoms with Crippen molar-refractivity contribution in [2.45, 2.75) is 206 Å². The Morgan fingerprint density at radius 3 is 1.34 bits per heavy atom. The van der Waals surface area contributed by atoms with E-state index in [1.54, 1.807) is 0 Å². The summed E-state index contributed by atoms with van der Waals surface area (Å²) in [4.78, 5) is 37.2. The van der Waals surface area contributed by atoms with Crippen molar-refractivity contribution in [3.05, 3.63) is 48.6 Å². The van der Waals surface area contributed by atoms with E-state index >= 15 is 0 Å². The molecule has 1 N–H and O–H groups in total. The van der Waals surface area contributed by atoms with Gasteiger partial charge in [0.25, 0.3) is 6.29 Å². The third-order valence-corrected chi connectivity index (χ3v) is 10.1. The lowest BCUT2D eigenvalue weighted by Crippen LogP contribution is -2.40. The maximum absolute atomic E-state index is 12.8. The number of aliphatic carboxylic acids is 1. The summed E-state index contributed by atoms with van der Waals surface area (Å²) in [7, 11) is 5.95. The van der Waals surface area contributed by atoms with Gasteiger partial charge in [0.15, 0.2) is 6.10 Å². The first-order chi connectivity index (χ1) is 28.6. The van der Waals surface area contributed by atoms with Crippen molar-refractivity contribution in [3.8, 4) is 0 Å². The summed E-state index contributed by atoms with van der Waals surface area (Å²) in [5.41, 5.74) is 0. The van der Waals surface area contributed by atoms with Gasteiger partial charge < -0.3 is 28.5 Å². The van der Waals surface area contributed by atoms with Crippen molar-refractivity contribution < 1.29 is 42.9 Å². The molecule has 0 fully saturated rings. The Hall–Kier alpha value is -2.75. The second kappa shape index (κ2) is 42.0. The van der Waals surface area contributed by atoms with Crippen LogP contribution in [0, 0.1) is 0 Å². The Bertz CT molecular complexity index is 1110. The molecule has 342 valence electrons. The predicted octanol–water partition coefficient (Wildman–Crippen LogP) is 12.8. The molecule has 9 heteroatoms. The number of carbonyl (C=O) groups excluding carboxylic acids is 2. The molecule has 9 nitrogen and oxygen atoms in total. The van der Waals surface area contributed by atoms with Gasteiger partial charge in [0.1, 0.15) is 13.2 Å². The minimum Gasteiger partial charge on any atom is -0.477 e. The standard InChI is InChI=1S/C50H89NO8/c1-6-8-10-12-14-16-18-20-22-24-25-27-29-31-33-35-37-39-41-48(53)59-46(45-58-50(49(54)55)56-43-42-51(3,4)5)44-57-47(52)40-38-36-34-32-30-28-26-23-21-19-17-15-13-11-9-7-2/h16-19,22-24,26,46,50H,6-15,20-21,25,27-45H2,1-5H3/p+1/b18-16-,19-17-,24-22-,26-23-. The number of carboxylic acid groups (broad SMARTS) is 1. The van der Waals surface area contributed by atoms with Crippen molar-refractivity contribution in [1.29, 1.82) is 0 Å². The predicted molar refractivity (Wildman–Crippen MR) is 244 cm³/mol. The maximum Gasteiger partial charge on any atom is 0.361 e. The molecular weight excluding hydrogens is 743 g/mol. The molecule has 0 aliphatic rings. The van der Waals surface area contributed by atoms with E-state index in [1.807, 2.05) is 21.1 Å². The zero-order chi connectivity index (χ0) is 43.5. The van der Waals surface area contributed by atoms with E-state index < -0.39 is 24.3 Å². The van der Waals surface area contributed by atoms with Gasteiger partial charge in [-0.2, -0.15) is 0 Å². The third kappa shape index (κ3) is 43.2. The van der Waals surface area contributed by atoms with Crippen LogP contribution >= 0.6 is 0 Å². The van der Waals surface area contributed by atoms with E-state index in [2.05, 4.69) is 62.5 Å². The van der Waals surface area contributed by atoms with Gasteiger partial charge in [0.05, 0.1) is 34.4 Å². The van der Waals surface area contributed by atoms with Gasteiger partial charge in [0, 0.05) is 12.8 Å². The molecular formula is C50H90NO8+. The second-order valence-electron chi connectivity index (χ2n) is 17.1. The highest BCUT2D eigenvalue weighted by atomic mass is 16.7. The largest absolute Gasteiger partial charge is 0.477 e. The van der Waals surface area contributed by atoms with E-state index in [0.29, 0.717) is 17.4 Å². The monoisotopic (exact) mass is 833 g/mol. The first kappa shape index (κ1) is 56.2. The molecule has 0 spiro atoms. The molecule has 0 saturated carbocycles.